The fraction of sp³-hybridized carbons (Fsp3) is 0.353. The topological polar surface area (TPSA) is 40.5 Å². The van der Waals surface area contributed by atoms with Gasteiger partial charge in [-0.3, -0.25) is 4.79 Å². The second-order valence-electron chi connectivity index (χ2n) is 5.77. The van der Waals surface area contributed by atoms with Gasteiger partial charge in [-0.1, -0.05) is 19.9 Å². The van der Waals surface area contributed by atoms with Crippen LogP contribution in [0.1, 0.15) is 46.1 Å². The molecule has 1 aromatic heterocycles. The van der Waals surface area contributed by atoms with Gasteiger partial charge in [0.15, 0.2) is 0 Å². The van der Waals surface area contributed by atoms with Crippen LogP contribution in [-0.4, -0.2) is 29.9 Å². The highest BCUT2D eigenvalue weighted by molar-refractivity contribution is 7.12. The molecule has 2 rings (SSSR count). The zero-order valence-corrected chi connectivity index (χ0v) is 13.7. The van der Waals surface area contributed by atoms with Crippen molar-refractivity contribution in [2.45, 2.75) is 26.3 Å². The number of hydrogen-bond donors (Lipinski definition) is 1. The van der Waals surface area contributed by atoms with Gasteiger partial charge in [-0.15, -0.1) is 11.3 Å². The lowest BCUT2D eigenvalue weighted by atomic mass is 9.94. The van der Waals surface area contributed by atoms with Crippen molar-refractivity contribution in [3.63, 3.8) is 0 Å². The number of carbonyl (C=O) groups excluding carboxylic acids is 1. The first kappa shape index (κ1) is 15.7. The van der Waals surface area contributed by atoms with E-state index in [0.29, 0.717) is 17.9 Å². The third kappa shape index (κ3) is 3.52. The van der Waals surface area contributed by atoms with Gasteiger partial charge in [-0.2, -0.15) is 0 Å². The van der Waals surface area contributed by atoms with Gasteiger partial charge in [0.1, 0.15) is 5.75 Å². The fourth-order valence-corrected chi connectivity index (χ4v) is 2.99. The summed E-state index contributed by atoms with van der Waals surface area (Å²) >= 11 is 1.44. The summed E-state index contributed by atoms with van der Waals surface area (Å²) in [5, 5.41) is 12.3. The summed E-state index contributed by atoms with van der Waals surface area (Å²) in [4.78, 5) is 15.3. The van der Waals surface area contributed by atoms with Crippen LogP contribution in [-0.2, 0) is 6.54 Å². The van der Waals surface area contributed by atoms with Crippen molar-refractivity contribution in [3.05, 3.63) is 51.2 Å². The molecule has 1 heterocycles. The third-order valence-electron chi connectivity index (χ3n) is 3.33. The molecule has 112 valence electrons. The maximum Gasteiger partial charge on any atom is 0.202 e. The molecule has 0 saturated heterocycles. The molecule has 0 amide bonds. The van der Waals surface area contributed by atoms with Crippen molar-refractivity contribution in [3.8, 4) is 5.75 Å². The van der Waals surface area contributed by atoms with Gasteiger partial charge in [0.2, 0.25) is 5.78 Å². The Morgan fingerprint density at radius 3 is 2.57 bits per heavy atom. The number of thiophene rings is 1. The Hall–Kier alpha value is -1.65. The first-order chi connectivity index (χ1) is 9.90. The number of benzene rings is 1. The third-order valence-corrected chi connectivity index (χ3v) is 4.20. The van der Waals surface area contributed by atoms with E-state index in [4.69, 9.17) is 0 Å². The van der Waals surface area contributed by atoms with E-state index in [1.54, 1.807) is 0 Å². The molecule has 1 aromatic carbocycles. The zero-order valence-electron chi connectivity index (χ0n) is 12.9. The number of hydrogen-bond acceptors (Lipinski definition) is 4. The van der Waals surface area contributed by atoms with Crippen LogP contribution in [0, 0.1) is 0 Å². The second kappa shape index (κ2) is 6.41. The second-order valence-corrected chi connectivity index (χ2v) is 6.72. The highest BCUT2D eigenvalue weighted by Gasteiger charge is 2.18. The van der Waals surface area contributed by atoms with Gasteiger partial charge in [0.05, 0.1) is 4.88 Å². The normalized spacial score (nSPS) is 11.3. The maximum absolute atomic E-state index is 12.5. The Labute approximate surface area is 129 Å². The molecule has 0 aliphatic heterocycles. The Morgan fingerprint density at radius 2 is 2.05 bits per heavy atom. The number of rotatable bonds is 5. The van der Waals surface area contributed by atoms with E-state index >= 15 is 0 Å². The van der Waals surface area contributed by atoms with Crippen molar-refractivity contribution < 1.29 is 9.90 Å². The minimum absolute atomic E-state index is 0.0203. The van der Waals surface area contributed by atoms with E-state index < -0.39 is 0 Å². The van der Waals surface area contributed by atoms with Crippen LogP contribution in [0.25, 0.3) is 0 Å². The number of phenols is 1. The minimum atomic E-state index is 0.0203. The number of ketones is 1. The van der Waals surface area contributed by atoms with E-state index in [9.17, 15) is 9.90 Å². The standard InChI is InChI=1S/C17H21NO2S/c1-11(2)14-9-12(17(20)15-6-5-7-21-15)8-13(16(14)19)10-18(3)4/h5-9,11,19H,10H2,1-4H3. The van der Waals surface area contributed by atoms with Gasteiger partial charge in [-0.05, 0) is 49.2 Å². The van der Waals surface area contributed by atoms with Gasteiger partial charge in [0.25, 0.3) is 0 Å². The maximum atomic E-state index is 12.5. The average Bonchev–Trinajstić information content (AvgIpc) is 2.93. The van der Waals surface area contributed by atoms with Crippen LogP contribution in [0.5, 0.6) is 5.75 Å². The smallest absolute Gasteiger partial charge is 0.202 e. The van der Waals surface area contributed by atoms with Gasteiger partial charge >= 0.3 is 0 Å². The quantitative estimate of drug-likeness (QED) is 0.852. The molecule has 21 heavy (non-hydrogen) atoms. The summed E-state index contributed by atoms with van der Waals surface area (Å²) in [5.74, 6) is 0.496. The van der Waals surface area contributed by atoms with E-state index in [-0.39, 0.29) is 11.7 Å². The van der Waals surface area contributed by atoms with E-state index in [2.05, 4.69) is 0 Å². The van der Waals surface area contributed by atoms with Crippen LogP contribution in [0.2, 0.25) is 0 Å². The molecule has 3 nitrogen and oxygen atoms in total. The molecule has 0 atom stereocenters. The van der Waals surface area contributed by atoms with Gasteiger partial charge in [0, 0.05) is 17.7 Å². The zero-order chi connectivity index (χ0) is 15.6. The Balaban J connectivity index is 2.51. The van der Waals surface area contributed by atoms with Gasteiger partial charge in [-0.25, -0.2) is 0 Å². The lowest BCUT2D eigenvalue weighted by Gasteiger charge is -2.17. The molecule has 0 aliphatic carbocycles. The van der Waals surface area contributed by atoms with Crippen LogP contribution in [0.15, 0.2) is 29.6 Å². The highest BCUT2D eigenvalue weighted by Crippen LogP contribution is 2.32. The molecular weight excluding hydrogens is 282 g/mol. The summed E-state index contributed by atoms with van der Waals surface area (Å²) in [5.41, 5.74) is 2.27. The van der Waals surface area contributed by atoms with Crippen LogP contribution < -0.4 is 0 Å². The summed E-state index contributed by atoms with van der Waals surface area (Å²) < 4.78 is 0. The first-order valence-corrected chi connectivity index (χ1v) is 7.86. The minimum Gasteiger partial charge on any atom is -0.507 e. The Bertz CT molecular complexity index is 630. The molecule has 0 radical (unpaired) electrons. The summed E-state index contributed by atoms with van der Waals surface area (Å²) in [6, 6.07) is 7.34. The van der Waals surface area contributed by atoms with Crippen molar-refractivity contribution in [1.29, 1.82) is 0 Å². The lowest BCUT2D eigenvalue weighted by Crippen LogP contribution is -2.12. The highest BCUT2D eigenvalue weighted by atomic mass is 32.1. The van der Waals surface area contributed by atoms with Crippen LogP contribution in [0.4, 0.5) is 0 Å². The molecule has 0 unspecified atom stereocenters. The van der Waals surface area contributed by atoms with Crippen LogP contribution >= 0.6 is 11.3 Å². The average molecular weight is 303 g/mol. The number of nitrogens with zero attached hydrogens (tertiary/aromatic N) is 1. The molecule has 4 heteroatoms. The largest absolute Gasteiger partial charge is 0.507 e. The molecule has 0 aliphatic rings. The van der Waals surface area contributed by atoms with Crippen molar-refractivity contribution >= 4 is 17.1 Å². The van der Waals surface area contributed by atoms with Crippen LogP contribution in [0.3, 0.4) is 0 Å². The molecule has 0 fully saturated rings. The molecule has 0 saturated carbocycles. The molecule has 0 spiro atoms. The number of carbonyl (C=O) groups is 1. The van der Waals surface area contributed by atoms with E-state index in [1.165, 1.54) is 11.3 Å². The van der Waals surface area contributed by atoms with E-state index in [0.717, 1.165) is 16.0 Å². The number of aromatic hydroxyl groups is 1. The monoisotopic (exact) mass is 303 g/mol. The Morgan fingerprint density at radius 1 is 1.33 bits per heavy atom. The SMILES string of the molecule is CC(C)c1cc(C(=O)c2cccs2)cc(CN(C)C)c1O. The molecule has 0 bridgehead atoms. The Kier molecular flexibility index (Phi) is 4.80. The number of phenolic OH excluding ortho intramolecular Hbond substituents is 1. The molecular formula is C17H21NO2S. The predicted molar refractivity (Wildman–Crippen MR) is 87.3 cm³/mol. The predicted octanol–water partition coefficient (Wildman–Crippen LogP) is 3.87. The molecule has 2 aromatic rings. The van der Waals surface area contributed by atoms with E-state index in [1.807, 2.05) is 62.5 Å². The summed E-state index contributed by atoms with van der Waals surface area (Å²) in [6.45, 7) is 4.65. The summed E-state index contributed by atoms with van der Waals surface area (Å²) in [6.07, 6.45) is 0. The van der Waals surface area contributed by atoms with Crippen molar-refractivity contribution in [2.75, 3.05) is 14.1 Å². The molecule has 1 N–H and O–H groups in total. The summed E-state index contributed by atoms with van der Waals surface area (Å²) in [7, 11) is 3.89. The lowest BCUT2D eigenvalue weighted by molar-refractivity contribution is 0.104. The van der Waals surface area contributed by atoms with Crippen molar-refractivity contribution in [2.24, 2.45) is 0 Å². The van der Waals surface area contributed by atoms with Gasteiger partial charge < -0.3 is 10.0 Å². The first-order valence-electron chi connectivity index (χ1n) is 6.99. The van der Waals surface area contributed by atoms with Crippen molar-refractivity contribution in [1.82, 2.24) is 4.90 Å². The fourth-order valence-electron chi connectivity index (χ4n) is 2.30.